The third kappa shape index (κ3) is 3.33. The van der Waals surface area contributed by atoms with Crippen LogP contribution in [0.25, 0.3) is 0 Å². The van der Waals surface area contributed by atoms with Gasteiger partial charge >= 0.3 is 0 Å². The molecule has 1 heterocycles. The van der Waals surface area contributed by atoms with Gasteiger partial charge in [-0.15, -0.1) is 11.3 Å². The fraction of sp³-hybridized carbons (Fsp3) is 0.231. The van der Waals surface area contributed by atoms with Gasteiger partial charge in [0.2, 0.25) is 0 Å². The molecule has 100 valence electrons. The van der Waals surface area contributed by atoms with E-state index in [-0.39, 0.29) is 11.7 Å². The SMILES string of the molecule is CC(C)c1csc(NC(=O)c2ccc(Br)c(O)c2)n1. The lowest BCUT2D eigenvalue weighted by molar-refractivity contribution is 0.102. The number of rotatable bonds is 3. The van der Waals surface area contributed by atoms with Gasteiger partial charge in [-0.3, -0.25) is 10.1 Å². The third-order valence-corrected chi connectivity index (χ3v) is 3.99. The highest BCUT2D eigenvalue weighted by Gasteiger charge is 2.11. The van der Waals surface area contributed by atoms with Crippen molar-refractivity contribution in [3.63, 3.8) is 0 Å². The second-order valence-electron chi connectivity index (χ2n) is 4.35. The second kappa shape index (κ2) is 5.71. The molecule has 0 aliphatic heterocycles. The smallest absolute Gasteiger partial charge is 0.257 e. The summed E-state index contributed by atoms with van der Waals surface area (Å²) in [5, 5.41) is 14.8. The summed E-state index contributed by atoms with van der Waals surface area (Å²) in [5.41, 5.74) is 1.35. The number of aromatic hydroxyl groups is 1. The third-order valence-electron chi connectivity index (χ3n) is 2.54. The highest BCUT2D eigenvalue weighted by molar-refractivity contribution is 9.10. The number of halogens is 1. The van der Waals surface area contributed by atoms with Crippen LogP contribution in [0.1, 0.15) is 35.8 Å². The maximum atomic E-state index is 12.0. The second-order valence-corrected chi connectivity index (χ2v) is 6.06. The number of anilines is 1. The Kier molecular flexibility index (Phi) is 4.21. The Morgan fingerprint density at radius 2 is 2.21 bits per heavy atom. The summed E-state index contributed by atoms with van der Waals surface area (Å²) in [7, 11) is 0. The van der Waals surface area contributed by atoms with E-state index in [0.717, 1.165) is 5.69 Å². The summed E-state index contributed by atoms with van der Waals surface area (Å²) in [4.78, 5) is 16.3. The summed E-state index contributed by atoms with van der Waals surface area (Å²) in [6.07, 6.45) is 0. The molecule has 1 aromatic carbocycles. The molecule has 2 N–H and O–H groups in total. The molecule has 6 heteroatoms. The molecular formula is C13H13BrN2O2S. The number of carbonyl (C=O) groups is 1. The molecule has 0 aliphatic rings. The van der Waals surface area contributed by atoms with Crippen molar-refractivity contribution in [3.05, 3.63) is 39.3 Å². The summed E-state index contributed by atoms with van der Waals surface area (Å²) in [5.74, 6) is 0.0840. The summed E-state index contributed by atoms with van der Waals surface area (Å²) < 4.78 is 0.556. The Morgan fingerprint density at radius 1 is 1.47 bits per heavy atom. The lowest BCUT2D eigenvalue weighted by atomic mass is 10.2. The van der Waals surface area contributed by atoms with E-state index in [0.29, 0.717) is 21.1 Å². The first-order chi connectivity index (χ1) is 8.97. The van der Waals surface area contributed by atoms with Crippen LogP contribution in [0.3, 0.4) is 0 Å². The molecule has 0 fully saturated rings. The van der Waals surface area contributed by atoms with Gasteiger partial charge in [0.15, 0.2) is 5.13 Å². The minimum Gasteiger partial charge on any atom is -0.507 e. The molecule has 0 aliphatic carbocycles. The summed E-state index contributed by atoms with van der Waals surface area (Å²) in [6.45, 7) is 4.10. The first-order valence-corrected chi connectivity index (χ1v) is 7.40. The van der Waals surface area contributed by atoms with Gasteiger partial charge in [-0.2, -0.15) is 0 Å². The highest BCUT2D eigenvalue weighted by Crippen LogP contribution is 2.26. The van der Waals surface area contributed by atoms with E-state index in [1.165, 1.54) is 17.4 Å². The zero-order valence-electron chi connectivity index (χ0n) is 10.5. The van der Waals surface area contributed by atoms with Crippen molar-refractivity contribution in [2.45, 2.75) is 19.8 Å². The Labute approximate surface area is 123 Å². The van der Waals surface area contributed by atoms with Crippen LogP contribution in [-0.4, -0.2) is 16.0 Å². The van der Waals surface area contributed by atoms with E-state index < -0.39 is 0 Å². The van der Waals surface area contributed by atoms with E-state index in [1.807, 2.05) is 19.2 Å². The molecule has 0 saturated carbocycles. The van der Waals surface area contributed by atoms with Crippen molar-refractivity contribution in [2.24, 2.45) is 0 Å². The monoisotopic (exact) mass is 340 g/mol. The van der Waals surface area contributed by atoms with Crippen molar-refractivity contribution < 1.29 is 9.90 Å². The van der Waals surface area contributed by atoms with Gasteiger partial charge in [-0.1, -0.05) is 13.8 Å². The van der Waals surface area contributed by atoms with Crippen LogP contribution in [0.5, 0.6) is 5.75 Å². The molecule has 4 nitrogen and oxygen atoms in total. The van der Waals surface area contributed by atoms with E-state index in [4.69, 9.17) is 0 Å². The molecule has 0 atom stereocenters. The molecule has 0 radical (unpaired) electrons. The number of amides is 1. The number of benzene rings is 1. The first kappa shape index (κ1) is 14.0. The lowest BCUT2D eigenvalue weighted by Gasteiger charge is -2.03. The number of phenols is 1. The van der Waals surface area contributed by atoms with Crippen molar-refractivity contribution >= 4 is 38.3 Å². The molecular weight excluding hydrogens is 328 g/mol. The van der Waals surface area contributed by atoms with Crippen LogP contribution in [0.4, 0.5) is 5.13 Å². The van der Waals surface area contributed by atoms with Gasteiger partial charge in [0.1, 0.15) is 5.75 Å². The fourth-order valence-electron chi connectivity index (χ4n) is 1.43. The highest BCUT2D eigenvalue weighted by atomic mass is 79.9. The van der Waals surface area contributed by atoms with Gasteiger partial charge in [-0.05, 0) is 40.0 Å². The number of aromatic nitrogens is 1. The molecule has 2 rings (SSSR count). The number of nitrogens with one attached hydrogen (secondary N) is 1. The maximum Gasteiger partial charge on any atom is 0.257 e. The predicted octanol–water partition coefficient (Wildman–Crippen LogP) is 3.99. The average molecular weight is 341 g/mol. The van der Waals surface area contributed by atoms with Gasteiger partial charge < -0.3 is 5.11 Å². The van der Waals surface area contributed by atoms with Crippen LogP contribution in [0, 0.1) is 0 Å². The lowest BCUT2D eigenvalue weighted by Crippen LogP contribution is -2.11. The molecule has 2 aromatic rings. The number of carbonyl (C=O) groups excluding carboxylic acids is 1. The van der Waals surface area contributed by atoms with Crippen molar-refractivity contribution in [2.75, 3.05) is 5.32 Å². The molecule has 0 spiro atoms. The fourth-order valence-corrected chi connectivity index (χ4v) is 2.55. The van der Waals surface area contributed by atoms with Crippen LogP contribution < -0.4 is 5.32 Å². The molecule has 0 bridgehead atoms. The molecule has 19 heavy (non-hydrogen) atoms. The number of phenolic OH excluding ortho intramolecular Hbond substituents is 1. The van der Waals surface area contributed by atoms with Gasteiger partial charge in [-0.25, -0.2) is 4.98 Å². The Bertz CT molecular complexity index is 610. The normalized spacial score (nSPS) is 10.7. The topological polar surface area (TPSA) is 62.2 Å². The largest absolute Gasteiger partial charge is 0.507 e. The predicted molar refractivity (Wildman–Crippen MR) is 80.0 cm³/mol. The van der Waals surface area contributed by atoms with E-state index in [1.54, 1.807) is 12.1 Å². The van der Waals surface area contributed by atoms with Crippen LogP contribution in [0.15, 0.2) is 28.1 Å². The standard InChI is InChI=1S/C13H13BrN2O2S/c1-7(2)10-6-19-13(15-10)16-12(18)8-3-4-9(14)11(17)5-8/h3-7,17H,1-2H3,(H,15,16,18). The van der Waals surface area contributed by atoms with Gasteiger partial charge in [0.25, 0.3) is 5.91 Å². The van der Waals surface area contributed by atoms with Crippen molar-refractivity contribution in [1.29, 1.82) is 0 Å². The Hall–Kier alpha value is -1.40. The number of nitrogens with zero attached hydrogens (tertiary/aromatic N) is 1. The summed E-state index contributed by atoms with van der Waals surface area (Å²) >= 11 is 4.57. The minimum absolute atomic E-state index is 0.0367. The van der Waals surface area contributed by atoms with Crippen molar-refractivity contribution in [3.8, 4) is 5.75 Å². The van der Waals surface area contributed by atoms with Crippen LogP contribution in [-0.2, 0) is 0 Å². The molecule has 0 saturated heterocycles. The summed E-state index contributed by atoms with van der Waals surface area (Å²) in [6, 6.07) is 4.68. The van der Waals surface area contributed by atoms with E-state index >= 15 is 0 Å². The van der Waals surface area contributed by atoms with Crippen molar-refractivity contribution in [1.82, 2.24) is 4.98 Å². The molecule has 1 aromatic heterocycles. The van der Waals surface area contributed by atoms with E-state index in [2.05, 4.69) is 26.2 Å². The van der Waals surface area contributed by atoms with Crippen LogP contribution in [0.2, 0.25) is 0 Å². The van der Waals surface area contributed by atoms with Crippen LogP contribution >= 0.6 is 27.3 Å². The molecule has 1 amide bonds. The van der Waals surface area contributed by atoms with Gasteiger partial charge in [0, 0.05) is 10.9 Å². The average Bonchev–Trinajstić information content (AvgIpc) is 2.81. The Morgan fingerprint density at radius 3 is 2.79 bits per heavy atom. The Balaban J connectivity index is 2.13. The molecule has 0 unspecified atom stereocenters. The maximum absolute atomic E-state index is 12.0. The minimum atomic E-state index is -0.285. The number of thiazole rings is 1. The van der Waals surface area contributed by atoms with E-state index in [9.17, 15) is 9.90 Å². The van der Waals surface area contributed by atoms with Gasteiger partial charge in [0.05, 0.1) is 10.2 Å². The number of hydrogen-bond donors (Lipinski definition) is 2. The zero-order valence-corrected chi connectivity index (χ0v) is 12.9. The first-order valence-electron chi connectivity index (χ1n) is 5.72. The number of hydrogen-bond acceptors (Lipinski definition) is 4. The quantitative estimate of drug-likeness (QED) is 0.887. The zero-order chi connectivity index (χ0) is 14.0.